The molecule has 3 aromatic rings. The highest BCUT2D eigenvalue weighted by Crippen LogP contribution is 2.25. The second-order valence-corrected chi connectivity index (χ2v) is 7.42. The Labute approximate surface area is 165 Å². The molecule has 28 heavy (non-hydrogen) atoms. The molecule has 4 rings (SSSR count). The summed E-state index contributed by atoms with van der Waals surface area (Å²) in [4.78, 5) is 28.5. The molecule has 0 saturated carbocycles. The highest BCUT2D eigenvalue weighted by atomic mass is 16.1. The van der Waals surface area contributed by atoms with E-state index in [0.717, 1.165) is 47.5 Å². The van der Waals surface area contributed by atoms with Crippen molar-refractivity contribution in [3.05, 3.63) is 59.5 Å². The van der Waals surface area contributed by atoms with Gasteiger partial charge in [0.25, 0.3) is 0 Å². The first-order valence-electron chi connectivity index (χ1n) is 9.78. The van der Waals surface area contributed by atoms with E-state index in [2.05, 4.69) is 25.2 Å². The zero-order valence-electron chi connectivity index (χ0n) is 16.4. The summed E-state index contributed by atoms with van der Waals surface area (Å²) in [5, 5.41) is 3.08. The number of nitrogens with one attached hydrogen (secondary N) is 1. The van der Waals surface area contributed by atoms with Gasteiger partial charge in [0.2, 0.25) is 5.91 Å². The van der Waals surface area contributed by atoms with Crippen molar-refractivity contribution in [2.45, 2.75) is 33.2 Å². The van der Waals surface area contributed by atoms with Crippen LogP contribution in [-0.2, 0) is 11.3 Å². The average molecular weight is 375 g/mol. The molecule has 6 nitrogen and oxygen atoms in total. The standard InChI is InChI=1S/C22H25N5O/c1-15-16(2)26-21-20(25-15)11-19(13-23-21)27-10-6-9-18(14-27)22(28)24-12-17-7-4-3-5-8-17/h3-5,7-8,11,13,18H,6,9-10,12,14H2,1-2H3,(H,24,28)/t18-/m0/s1. The van der Waals surface area contributed by atoms with E-state index in [0.29, 0.717) is 18.7 Å². The van der Waals surface area contributed by atoms with E-state index in [9.17, 15) is 4.79 Å². The summed E-state index contributed by atoms with van der Waals surface area (Å²) in [5.41, 5.74) is 5.42. The van der Waals surface area contributed by atoms with Crippen molar-refractivity contribution in [3.63, 3.8) is 0 Å². The number of fused-ring (bicyclic) bond motifs is 1. The number of nitrogens with zero attached hydrogens (tertiary/aromatic N) is 4. The molecule has 144 valence electrons. The summed E-state index contributed by atoms with van der Waals surface area (Å²) in [5.74, 6) is 0.104. The molecule has 1 aromatic carbocycles. The highest BCUT2D eigenvalue weighted by molar-refractivity contribution is 5.80. The summed E-state index contributed by atoms with van der Waals surface area (Å²) >= 11 is 0. The van der Waals surface area contributed by atoms with Crippen molar-refractivity contribution >= 4 is 22.8 Å². The third-order valence-electron chi connectivity index (χ3n) is 5.39. The lowest BCUT2D eigenvalue weighted by molar-refractivity contribution is -0.125. The van der Waals surface area contributed by atoms with Gasteiger partial charge in [-0.1, -0.05) is 30.3 Å². The van der Waals surface area contributed by atoms with Crippen LogP contribution >= 0.6 is 0 Å². The number of anilines is 1. The number of pyridine rings is 1. The van der Waals surface area contributed by atoms with Crippen LogP contribution in [0.1, 0.15) is 29.8 Å². The normalized spacial score (nSPS) is 16.9. The summed E-state index contributed by atoms with van der Waals surface area (Å²) in [6.07, 6.45) is 3.74. The molecule has 0 unspecified atom stereocenters. The first kappa shape index (κ1) is 18.3. The van der Waals surface area contributed by atoms with E-state index >= 15 is 0 Å². The molecule has 1 fully saturated rings. The lowest BCUT2D eigenvalue weighted by Crippen LogP contribution is -2.43. The van der Waals surface area contributed by atoms with Crippen molar-refractivity contribution in [1.29, 1.82) is 0 Å². The van der Waals surface area contributed by atoms with Crippen molar-refractivity contribution < 1.29 is 4.79 Å². The third-order valence-corrected chi connectivity index (χ3v) is 5.39. The molecule has 2 aromatic heterocycles. The largest absolute Gasteiger partial charge is 0.369 e. The molecule has 0 radical (unpaired) electrons. The quantitative estimate of drug-likeness (QED) is 0.758. The fourth-order valence-electron chi connectivity index (χ4n) is 3.63. The maximum atomic E-state index is 12.7. The molecule has 0 aliphatic carbocycles. The number of carbonyl (C=O) groups excluding carboxylic acids is 1. The Kier molecular flexibility index (Phi) is 5.19. The summed E-state index contributed by atoms with van der Waals surface area (Å²) < 4.78 is 0. The van der Waals surface area contributed by atoms with Gasteiger partial charge in [0.15, 0.2) is 5.65 Å². The van der Waals surface area contributed by atoms with Gasteiger partial charge in [0, 0.05) is 19.6 Å². The SMILES string of the molecule is Cc1nc2cc(N3CCC[C@H](C(=O)NCc4ccccc4)C3)cnc2nc1C. The fraction of sp³-hybridized carbons (Fsp3) is 0.364. The highest BCUT2D eigenvalue weighted by Gasteiger charge is 2.26. The van der Waals surface area contributed by atoms with E-state index in [-0.39, 0.29) is 11.8 Å². The first-order valence-corrected chi connectivity index (χ1v) is 9.78. The van der Waals surface area contributed by atoms with E-state index in [1.165, 1.54) is 0 Å². The smallest absolute Gasteiger partial charge is 0.225 e. The first-order chi connectivity index (χ1) is 13.6. The van der Waals surface area contributed by atoms with Gasteiger partial charge in [-0.25, -0.2) is 15.0 Å². The monoisotopic (exact) mass is 375 g/mol. The van der Waals surface area contributed by atoms with Crippen LogP contribution in [0.3, 0.4) is 0 Å². The van der Waals surface area contributed by atoms with Crippen LogP contribution < -0.4 is 10.2 Å². The molecule has 0 bridgehead atoms. The van der Waals surface area contributed by atoms with Gasteiger partial charge in [-0.3, -0.25) is 4.79 Å². The Bertz CT molecular complexity index is 989. The molecular formula is C22H25N5O. The maximum absolute atomic E-state index is 12.7. The maximum Gasteiger partial charge on any atom is 0.225 e. The zero-order chi connectivity index (χ0) is 19.5. The minimum Gasteiger partial charge on any atom is -0.369 e. The predicted octanol–water partition coefficient (Wildman–Crippen LogP) is 3.17. The van der Waals surface area contributed by atoms with Crippen molar-refractivity contribution in [2.24, 2.45) is 5.92 Å². The number of hydrogen-bond acceptors (Lipinski definition) is 5. The van der Waals surface area contributed by atoms with Crippen LogP contribution in [0.25, 0.3) is 11.2 Å². The molecule has 1 saturated heterocycles. The lowest BCUT2D eigenvalue weighted by Gasteiger charge is -2.33. The molecule has 1 amide bonds. The molecular weight excluding hydrogens is 350 g/mol. The second-order valence-electron chi connectivity index (χ2n) is 7.42. The van der Waals surface area contributed by atoms with Gasteiger partial charge in [-0.2, -0.15) is 0 Å². The Morgan fingerprint density at radius 3 is 2.79 bits per heavy atom. The summed E-state index contributed by atoms with van der Waals surface area (Å²) in [6.45, 7) is 6.10. The lowest BCUT2D eigenvalue weighted by atomic mass is 9.96. The van der Waals surface area contributed by atoms with Gasteiger partial charge in [-0.05, 0) is 38.3 Å². The predicted molar refractivity (Wildman–Crippen MR) is 110 cm³/mol. The number of hydrogen-bond donors (Lipinski definition) is 1. The van der Waals surface area contributed by atoms with E-state index in [1.54, 1.807) is 0 Å². The Hall–Kier alpha value is -3.02. The van der Waals surface area contributed by atoms with Crippen LogP contribution in [-0.4, -0.2) is 33.9 Å². The van der Waals surface area contributed by atoms with Gasteiger partial charge in [0.1, 0.15) is 5.52 Å². The number of aromatic nitrogens is 3. The minimum absolute atomic E-state index is 0.0148. The minimum atomic E-state index is -0.0148. The Balaban J connectivity index is 1.45. The number of piperidine rings is 1. The van der Waals surface area contributed by atoms with Crippen LogP contribution in [0.4, 0.5) is 5.69 Å². The number of rotatable bonds is 4. The van der Waals surface area contributed by atoms with E-state index in [4.69, 9.17) is 0 Å². The number of amides is 1. The van der Waals surface area contributed by atoms with Gasteiger partial charge in [-0.15, -0.1) is 0 Å². The molecule has 1 aliphatic heterocycles. The third kappa shape index (κ3) is 3.96. The zero-order valence-corrected chi connectivity index (χ0v) is 16.4. The van der Waals surface area contributed by atoms with Gasteiger partial charge < -0.3 is 10.2 Å². The van der Waals surface area contributed by atoms with Crippen LogP contribution in [0.2, 0.25) is 0 Å². The molecule has 0 spiro atoms. The van der Waals surface area contributed by atoms with Gasteiger partial charge in [0.05, 0.1) is 29.2 Å². The molecule has 3 heterocycles. The van der Waals surface area contributed by atoms with Crippen LogP contribution in [0.5, 0.6) is 0 Å². The van der Waals surface area contributed by atoms with Gasteiger partial charge >= 0.3 is 0 Å². The van der Waals surface area contributed by atoms with Crippen molar-refractivity contribution in [1.82, 2.24) is 20.3 Å². The molecule has 6 heteroatoms. The van der Waals surface area contributed by atoms with Crippen LogP contribution in [0, 0.1) is 19.8 Å². The van der Waals surface area contributed by atoms with Crippen molar-refractivity contribution in [2.75, 3.05) is 18.0 Å². The van der Waals surface area contributed by atoms with E-state index < -0.39 is 0 Å². The number of benzene rings is 1. The Morgan fingerprint density at radius 1 is 1.18 bits per heavy atom. The second kappa shape index (κ2) is 7.92. The number of carbonyl (C=O) groups is 1. The average Bonchev–Trinajstić information content (AvgIpc) is 2.73. The molecule has 1 N–H and O–H groups in total. The molecule has 1 atom stereocenters. The fourth-order valence-corrected chi connectivity index (χ4v) is 3.63. The number of aryl methyl sites for hydroxylation is 2. The van der Waals surface area contributed by atoms with Crippen LogP contribution in [0.15, 0.2) is 42.6 Å². The van der Waals surface area contributed by atoms with E-state index in [1.807, 2.05) is 56.4 Å². The van der Waals surface area contributed by atoms with Crippen molar-refractivity contribution in [3.8, 4) is 0 Å². The Morgan fingerprint density at radius 2 is 1.96 bits per heavy atom. The molecule has 1 aliphatic rings. The summed E-state index contributed by atoms with van der Waals surface area (Å²) in [7, 11) is 0. The topological polar surface area (TPSA) is 71.0 Å². The summed E-state index contributed by atoms with van der Waals surface area (Å²) in [6, 6.07) is 12.0.